The second-order valence-electron chi connectivity index (χ2n) is 0.443. The van der Waals surface area contributed by atoms with Crippen LogP contribution in [0, 0.1) is 0 Å². The van der Waals surface area contributed by atoms with Gasteiger partial charge in [-0.05, 0) is 0 Å². The molecule has 0 nitrogen and oxygen atoms in total. The molecule has 0 aromatic carbocycles. The zero-order valence-corrected chi connectivity index (χ0v) is 5.25. The summed E-state index contributed by atoms with van der Waals surface area (Å²) in [4.78, 5) is 0. The SMILES string of the molecule is C=CCCl.[Mg+2]. The molecule has 0 saturated heterocycles. The van der Waals surface area contributed by atoms with Crippen LogP contribution in [-0.4, -0.2) is 28.9 Å². The van der Waals surface area contributed by atoms with Gasteiger partial charge in [0.05, 0.1) is 0 Å². The van der Waals surface area contributed by atoms with Crippen molar-refractivity contribution in [1.82, 2.24) is 0 Å². The molecule has 0 aliphatic carbocycles. The summed E-state index contributed by atoms with van der Waals surface area (Å²) in [5.41, 5.74) is 0. The van der Waals surface area contributed by atoms with E-state index < -0.39 is 0 Å². The fraction of sp³-hybridized carbons (Fsp3) is 0.333. The Balaban J connectivity index is 0. The zero-order chi connectivity index (χ0) is 3.41. The molecule has 0 unspecified atom stereocenters. The quantitative estimate of drug-likeness (QED) is 0.263. The third kappa shape index (κ3) is 11.6. The van der Waals surface area contributed by atoms with Gasteiger partial charge in [-0.15, -0.1) is 18.2 Å². The van der Waals surface area contributed by atoms with Gasteiger partial charge in [-0.1, -0.05) is 6.08 Å². The summed E-state index contributed by atoms with van der Waals surface area (Å²) in [6.07, 6.45) is 1.64. The molecule has 0 heterocycles. The minimum absolute atomic E-state index is 0. The van der Waals surface area contributed by atoms with Crippen LogP contribution < -0.4 is 0 Å². The smallest absolute Gasteiger partial charge is 0.122 e. The Labute approximate surface area is 53.4 Å². The Morgan fingerprint density at radius 1 is 1.80 bits per heavy atom. The van der Waals surface area contributed by atoms with Gasteiger partial charge in [0.25, 0.3) is 0 Å². The second-order valence-corrected chi connectivity index (χ2v) is 0.752. The van der Waals surface area contributed by atoms with Crippen LogP contribution in [0.5, 0.6) is 0 Å². The zero-order valence-electron chi connectivity index (χ0n) is 3.08. The largest absolute Gasteiger partial charge is 2.00 e. The van der Waals surface area contributed by atoms with Gasteiger partial charge in [-0.25, -0.2) is 0 Å². The van der Waals surface area contributed by atoms with Gasteiger partial charge in [0.2, 0.25) is 0 Å². The molecule has 0 rings (SSSR count). The van der Waals surface area contributed by atoms with E-state index in [1.165, 1.54) is 0 Å². The molecular formula is C3H5ClMg+2. The van der Waals surface area contributed by atoms with Gasteiger partial charge >= 0.3 is 23.1 Å². The average molecular weight is 101 g/mol. The number of hydrogen-bond donors (Lipinski definition) is 0. The number of allylic oxidation sites excluding steroid dienone is 1. The molecule has 0 aliphatic heterocycles. The van der Waals surface area contributed by atoms with Crippen LogP contribution >= 0.6 is 11.6 Å². The summed E-state index contributed by atoms with van der Waals surface area (Å²) in [6.45, 7) is 3.35. The topological polar surface area (TPSA) is 0 Å². The van der Waals surface area contributed by atoms with E-state index >= 15 is 0 Å². The minimum Gasteiger partial charge on any atom is -0.122 e. The molecule has 0 N–H and O–H groups in total. The van der Waals surface area contributed by atoms with E-state index in [4.69, 9.17) is 11.6 Å². The third-order valence-corrected chi connectivity index (χ3v) is 0.327. The van der Waals surface area contributed by atoms with Crippen LogP contribution in [0.15, 0.2) is 12.7 Å². The number of halogens is 1. The first-order valence-corrected chi connectivity index (χ1v) is 1.62. The molecular weight excluding hydrogens is 95.8 g/mol. The maximum absolute atomic E-state index is 5.07. The summed E-state index contributed by atoms with van der Waals surface area (Å²) in [7, 11) is 0. The predicted octanol–water partition coefficient (Wildman–Crippen LogP) is 1.03. The normalized spacial score (nSPS) is 5.00. The number of hydrogen-bond acceptors (Lipinski definition) is 0. The molecule has 24 valence electrons. The van der Waals surface area contributed by atoms with Crippen LogP contribution in [0.4, 0.5) is 0 Å². The molecule has 0 atom stereocenters. The molecule has 0 aliphatic rings. The molecule has 5 heavy (non-hydrogen) atoms. The van der Waals surface area contributed by atoms with Crippen LogP contribution in [-0.2, 0) is 0 Å². The summed E-state index contributed by atoms with van der Waals surface area (Å²) in [6, 6.07) is 0. The summed E-state index contributed by atoms with van der Waals surface area (Å²) in [5, 5.41) is 0. The van der Waals surface area contributed by atoms with Crippen molar-refractivity contribution in [3.8, 4) is 0 Å². The van der Waals surface area contributed by atoms with Gasteiger partial charge in [0, 0.05) is 5.88 Å². The fourth-order valence-corrected chi connectivity index (χ4v) is 0. The van der Waals surface area contributed by atoms with E-state index in [0.29, 0.717) is 5.88 Å². The Kier molecular flexibility index (Phi) is 16.4. The molecule has 0 saturated carbocycles. The van der Waals surface area contributed by atoms with Gasteiger partial charge in [-0.2, -0.15) is 0 Å². The van der Waals surface area contributed by atoms with Crippen molar-refractivity contribution < 1.29 is 0 Å². The fourth-order valence-electron chi connectivity index (χ4n) is 0. The Hall–Kier alpha value is 0.796. The molecule has 0 aromatic rings. The van der Waals surface area contributed by atoms with E-state index in [1.807, 2.05) is 0 Å². The number of alkyl halides is 1. The average Bonchev–Trinajstić information content (AvgIpc) is 1.37. The van der Waals surface area contributed by atoms with Crippen LogP contribution in [0.3, 0.4) is 0 Å². The van der Waals surface area contributed by atoms with Gasteiger partial charge in [-0.3, -0.25) is 0 Å². The van der Waals surface area contributed by atoms with E-state index in [1.54, 1.807) is 6.08 Å². The monoisotopic (exact) mass is 100.0 g/mol. The Morgan fingerprint density at radius 3 is 2.00 bits per heavy atom. The Morgan fingerprint density at radius 2 is 2.00 bits per heavy atom. The first-order chi connectivity index (χ1) is 1.91. The van der Waals surface area contributed by atoms with Crippen LogP contribution in [0.1, 0.15) is 0 Å². The third-order valence-electron chi connectivity index (χ3n) is 0.109. The second kappa shape index (κ2) is 8.84. The van der Waals surface area contributed by atoms with Crippen molar-refractivity contribution >= 4 is 34.7 Å². The van der Waals surface area contributed by atoms with Crippen molar-refractivity contribution in [2.24, 2.45) is 0 Å². The van der Waals surface area contributed by atoms with Gasteiger partial charge in [0.1, 0.15) is 0 Å². The van der Waals surface area contributed by atoms with Crippen LogP contribution in [0.25, 0.3) is 0 Å². The first-order valence-electron chi connectivity index (χ1n) is 1.08. The van der Waals surface area contributed by atoms with Crippen molar-refractivity contribution in [3.05, 3.63) is 12.7 Å². The van der Waals surface area contributed by atoms with Crippen molar-refractivity contribution in [1.29, 1.82) is 0 Å². The van der Waals surface area contributed by atoms with E-state index in [0.717, 1.165) is 0 Å². The van der Waals surface area contributed by atoms with Gasteiger partial charge < -0.3 is 0 Å². The number of rotatable bonds is 1. The van der Waals surface area contributed by atoms with E-state index in [-0.39, 0.29) is 23.1 Å². The standard InChI is InChI=1S/C3H5Cl.Mg/c1-2-3-4;/h2H,1,3H2;/q;+2. The van der Waals surface area contributed by atoms with Crippen molar-refractivity contribution in [2.75, 3.05) is 5.88 Å². The molecule has 2 heteroatoms. The minimum atomic E-state index is 0. The van der Waals surface area contributed by atoms with E-state index in [2.05, 4.69) is 6.58 Å². The van der Waals surface area contributed by atoms with E-state index in [9.17, 15) is 0 Å². The Bertz CT molecular complexity index is 20.9. The molecule has 0 amide bonds. The maximum atomic E-state index is 5.07. The predicted molar refractivity (Wildman–Crippen MR) is 26.7 cm³/mol. The summed E-state index contributed by atoms with van der Waals surface area (Å²) < 4.78 is 0. The molecule has 0 spiro atoms. The molecule has 0 fully saturated rings. The molecule has 0 aromatic heterocycles. The maximum Gasteiger partial charge on any atom is 2.00 e. The summed E-state index contributed by atoms with van der Waals surface area (Å²) in [5.74, 6) is 0.556. The van der Waals surface area contributed by atoms with Gasteiger partial charge in [0.15, 0.2) is 0 Å². The van der Waals surface area contributed by atoms with Crippen molar-refractivity contribution in [3.63, 3.8) is 0 Å². The molecule has 0 radical (unpaired) electrons. The van der Waals surface area contributed by atoms with Crippen molar-refractivity contribution in [2.45, 2.75) is 0 Å². The van der Waals surface area contributed by atoms with Crippen LogP contribution in [0.2, 0.25) is 0 Å². The first kappa shape index (κ1) is 9.25. The molecule has 0 bridgehead atoms. The summed E-state index contributed by atoms with van der Waals surface area (Å²) >= 11 is 5.07.